The predicted octanol–water partition coefficient (Wildman–Crippen LogP) is 0.571. The van der Waals surface area contributed by atoms with Gasteiger partial charge in [0.2, 0.25) is 0 Å². The van der Waals surface area contributed by atoms with Crippen LogP contribution in [0, 0.1) is 0 Å². The van der Waals surface area contributed by atoms with Crippen LogP contribution in [0.2, 0.25) is 0 Å². The molecule has 0 saturated carbocycles. The molecule has 0 radical (unpaired) electrons. The van der Waals surface area contributed by atoms with Crippen molar-refractivity contribution in [2.24, 2.45) is 0 Å². The Morgan fingerprint density at radius 2 is 1.50 bits per heavy atom. The van der Waals surface area contributed by atoms with E-state index >= 15 is 0 Å². The monoisotopic (exact) mass is 312 g/mol. The largest absolute Gasteiger partial charge is 0.332 e. The quantitative estimate of drug-likeness (QED) is 0.706. The Bertz CT molecular complexity index is 477. The molecule has 8 heteroatoms. The molecule has 0 bridgehead atoms. The number of imide groups is 2. The number of hydrogen-bond donors (Lipinski definition) is 0. The van der Waals surface area contributed by atoms with E-state index in [1.165, 1.54) is 17.1 Å². The molecular weight excluding hydrogens is 292 g/mol. The fourth-order valence-electron chi connectivity index (χ4n) is 1.57. The Morgan fingerprint density at radius 3 is 1.82 bits per heavy atom. The summed E-state index contributed by atoms with van der Waals surface area (Å²) in [5.74, 6) is -1.87. The van der Waals surface area contributed by atoms with Crippen LogP contribution in [0.3, 0.4) is 0 Å². The van der Waals surface area contributed by atoms with Gasteiger partial charge in [0.25, 0.3) is 23.6 Å². The van der Waals surface area contributed by atoms with Crippen LogP contribution in [-0.2, 0) is 28.8 Å². The van der Waals surface area contributed by atoms with Crippen LogP contribution in [0.5, 0.6) is 0 Å². The molecule has 0 aliphatic carbocycles. The highest BCUT2D eigenvalue weighted by molar-refractivity contribution is 6.12. The van der Waals surface area contributed by atoms with Gasteiger partial charge >= 0.3 is 5.97 Å². The molecule has 0 aromatic rings. The number of nitrogens with zero attached hydrogens (tertiary/aromatic N) is 2. The van der Waals surface area contributed by atoms with Crippen molar-refractivity contribution in [1.82, 2.24) is 9.96 Å². The number of hydrogen-bond acceptors (Lipinski definition) is 6. The average Bonchev–Trinajstić information content (AvgIpc) is 2.95. The fourth-order valence-corrected chi connectivity index (χ4v) is 1.57. The number of amides is 4. The molecular formula is C14H20N2O6. The van der Waals surface area contributed by atoms with Gasteiger partial charge in [0.05, 0.1) is 0 Å². The van der Waals surface area contributed by atoms with E-state index in [1.807, 2.05) is 0 Å². The van der Waals surface area contributed by atoms with Crippen molar-refractivity contribution in [3.63, 3.8) is 0 Å². The normalized spacial score (nSPS) is 16.5. The maximum absolute atomic E-state index is 10.9. The Labute approximate surface area is 128 Å². The smallest absolute Gasteiger partial charge is 0.330 e. The van der Waals surface area contributed by atoms with Gasteiger partial charge in [-0.2, -0.15) is 0 Å². The zero-order chi connectivity index (χ0) is 16.0. The first-order valence-corrected chi connectivity index (χ1v) is 6.50. The minimum atomic E-state index is -0.571. The third-order valence-electron chi connectivity index (χ3n) is 2.70. The van der Waals surface area contributed by atoms with Gasteiger partial charge in [-0.1, -0.05) is 14.4 Å². The summed E-state index contributed by atoms with van der Waals surface area (Å²) in [6.45, 7) is 3.82. The van der Waals surface area contributed by atoms with Gasteiger partial charge in [0.15, 0.2) is 0 Å². The Kier molecular flexibility index (Phi) is 7.71. The molecule has 0 aromatic carbocycles. The van der Waals surface area contributed by atoms with Crippen molar-refractivity contribution in [1.29, 1.82) is 0 Å². The van der Waals surface area contributed by atoms with Crippen molar-refractivity contribution in [3.05, 3.63) is 12.2 Å². The molecule has 0 N–H and O–H groups in total. The summed E-state index contributed by atoms with van der Waals surface area (Å²) in [7, 11) is 0. The maximum Gasteiger partial charge on any atom is 0.332 e. The SMILES string of the molecule is C.CCC(=O)ON1C(=O)CCC1=O.CCN1C(=O)C=CC1=O. The van der Waals surface area contributed by atoms with Crippen molar-refractivity contribution < 1.29 is 28.8 Å². The second-order valence-electron chi connectivity index (χ2n) is 4.15. The lowest BCUT2D eigenvalue weighted by Crippen LogP contribution is -2.31. The molecule has 122 valence electrons. The Morgan fingerprint density at radius 1 is 1.05 bits per heavy atom. The summed E-state index contributed by atoms with van der Waals surface area (Å²) in [6, 6.07) is 0. The number of rotatable bonds is 3. The van der Waals surface area contributed by atoms with Crippen molar-refractivity contribution >= 4 is 29.6 Å². The molecule has 1 saturated heterocycles. The van der Waals surface area contributed by atoms with E-state index in [0.717, 1.165) is 0 Å². The maximum atomic E-state index is 10.9. The topological polar surface area (TPSA) is 101 Å². The van der Waals surface area contributed by atoms with Crippen molar-refractivity contribution in [2.75, 3.05) is 6.54 Å². The standard InChI is InChI=1S/C7H9NO4.C6H7NO2.CH4/c1-2-7(11)12-8-5(9)3-4-6(8)10;1-2-7-5(8)3-4-6(7)9;/h2-4H2,1H3;3-4H,2H2,1H3;1H4. The van der Waals surface area contributed by atoms with Gasteiger partial charge in [-0.05, 0) is 6.92 Å². The van der Waals surface area contributed by atoms with E-state index in [-0.39, 0.29) is 38.5 Å². The number of likely N-dealkylation sites (N-methyl/N-ethyl adjacent to an activating group) is 1. The summed E-state index contributed by atoms with van der Waals surface area (Å²) in [5, 5.41) is 0.547. The highest BCUT2D eigenvalue weighted by atomic mass is 16.7. The highest BCUT2D eigenvalue weighted by Crippen LogP contribution is 2.12. The third-order valence-corrected chi connectivity index (χ3v) is 2.70. The molecule has 22 heavy (non-hydrogen) atoms. The Hall–Kier alpha value is -2.51. The van der Waals surface area contributed by atoms with Gasteiger partial charge in [0, 0.05) is 38.0 Å². The summed E-state index contributed by atoms with van der Waals surface area (Å²) in [6.07, 6.45) is 2.99. The number of carbonyl (C=O) groups is 5. The molecule has 0 spiro atoms. The highest BCUT2D eigenvalue weighted by Gasteiger charge is 2.32. The second-order valence-corrected chi connectivity index (χ2v) is 4.15. The molecule has 0 aromatic heterocycles. The molecule has 2 aliphatic rings. The van der Waals surface area contributed by atoms with Crippen LogP contribution in [0.15, 0.2) is 12.2 Å². The van der Waals surface area contributed by atoms with Crippen molar-refractivity contribution in [2.45, 2.75) is 40.5 Å². The molecule has 0 atom stereocenters. The zero-order valence-corrected chi connectivity index (χ0v) is 11.8. The van der Waals surface area contributed by atoms with Crippen LogP contribution in [0.1, 0.15) is 40.5 Å². The van der Waals surface area contributed by atoms with E-state index in [0.29, 0.717) is 11.6 Å². The van der Waals surface area contributed by atoms with Crippen LogP contribution >= 0.6 is 0 Å². The summed E-state index contributed by atoms with van der Waals surface area (Å²) in [4.78, 5) is 59.3. The fraction of sp³-hybridized carbons (Fsp3) is 0.500. The van der Waals surface area contributed by atoms with Crippen LogP contribution in [0.25, 0.3) is 0 Å². The van der Waals surface area contributed by atoms with Crippen LogP contribution < -0.4 is 0 Å². The molecule has 2 heterocycles. The van der Waals surface area contributed by atoms with Gasteiger partial charge < -0.3 is 4.84 Å². The van der Waals surface area contributed by atoms with E-state index in [9.17, 15) is 24.0 Å². The zero-order valence-electron chi connectivity index (χ0n) is 11.8. The lowest BCUT2D eigenvalue weighted by atomic mass is 10.4. The lowest BCUT2D eigenvalue weighted by Gasteiger charge is -2.10. The van der Waals surface area contributed by atoms with Gasteiger partial charge in [-0.25, -0.2) is 4.79 Å². The summed E-state index contributed by atoms with van der Waals surface area (Å²) < 4.78 is 0. The minimum Gasteiger partial charge on any atom is -0.330 e. The molecule has 4 amide bonds. The van der Waals surface area contributed by atoms with Gasteiger partial charge in [-0.3, -0.25) is 24.1 Å². The number of hydroxylamine groups is 2. The second kappa shape index (κ2) is 8.71. The first kappa shape index (κ1) is 19.5. The first-order chi connectivity index (χ1) is 9.90. The Balaban J connectivity index is 0.000000397. The molecule has 1 fully saturated rings. The average molecular weight is 312 g/mol. The van der Waals surface area contributed by atoms with Crippen molar-refractivity contribution in [3.8, 4) is 0 Å². The minimum absolute atomic E-state index is 0. The molecule has 8 nitrogen and oxygen atoms in total. The summed E-state index contributed by atoms with van der Waals surface area (Å²) in [5.41, 5.74) is 0. The van der Waals surface area contributed by atoms with Gasteiger partial charge in [0.1, 0.15) is 0 Å². The van der Waals surface area contributed by atoms with E-state index in [1.54, 1.807) is 13.8 Å². The van der Waals surface area contributed by atoms with E-state index in [4.69, 9.17) is 0 Å². The van der Waals surface area contributed by atoms with Gasteiger partial charge in [-0.15, -0.1) is 5.06 Å². The van der Waals surface area contributed by atoms with E-state index < -0.39 is 17.8 Å². The van der Waals surface area contributed by atoms with E-state index in [2.05, 4.69) is 4.84 Å². The number of carbonyl (C=O) groups excluding carboxylic acids is 5. The first-order valence-electron chi connectivity index (χ1n) is 6.50. The third kappa shape index (κ3) is 4.80. The predicted molar refractivity (Wildman–Crippen MR) is 75.7 cm³/mol. The molecule has 2 aliphatic heterocycles. The lowest BCUT2D eigenvalue weighted by molar-refractivity contribution is -0.197. The summed E-state index contributed by atoms with van der Waals surface area (Å²) >= 11 is 0. The molecule has 2 rings (SSSR count). The molecule has 0 unspecified atom stereocenters. The van der Waals surface area contributed by atoms with Crippen LogP contribution in [0.4, 0.5) is 0 Å². The van der Waals surface area contributed by atoms with Crippen LogP contribution in [-0.4, -0.2) is 46.1 Å².